The van der Waals surface area contributed by atoms with Crippen molar-refractivity contribution in [3.63, 3.8) is 0 Å². The molecule has 1 amide bonds. The number of nitrogens with zero attached hydrogens (tertiary/aromatic N) is 1. The number of hydrogen-bond acceptors (Lipinski definition) is 3. The Morgan fingerprint density at radius 2 is 1.73 bits per heavy atom. The third-order valence-corrected chi connectivity index (χ3v) is 5.13. The molecular weight excluding hydrogens is 277 g/mol. The van der Waals surface area contributed by atoms with Gasteiger partial charge in [0.05, 0.1) is 11.2 Å². The van der Waals surface area contributed by atoms with Crippen LogP contribution in [-0.2, 0) is 27.2 Å². The molecule has 0 bridgehead atoms. The normalized spacial score (nSPS) is 22.0. The Labute approximate surface area is 132 Å². The number of carbonyl (C=O) groups excluding carboxylic acids is 1. The number of hydrogen-bond donors (Lipinski definition) is 0. The van der Waals surface area contributed by atoms with E-state index in [9.17, 15) is 4.79 Å². The minimum atomic E-state index is -0.341. The van der Waals surface area contributed by atoms with Crippen LogP contribution in [0.4, 0.5) is 0 Å². The molecule has 1 aromatic rings. The van der Waals surface area contributed by atoms with Crippen LogP contribution in [0.3, 0.4) is 0 Å². The highest BCUT2D eigenvalue weighted by Crippen LogP contribution is 2.36. The van der Waals surface area contributed by atoms with E-state index < -0.39 is 0 Å². The first-order valence-electron chi connectivity index (χ1n) is 7.98. The van der Waals surface area contributed by atoms with Crippen molar-refractivity contribution in [2.45, 2.75) is 65.3 Å². The van der Waals surface area contributed by atoms with Crippen molar-refractivity contribution in [1.82, 2.24) is 4.90 Å². The minimum Gasteiger partial charge on any atom is -0.399 e. The first-order chi connectivity index (χ1) is 10.2. The van der Waals surface area contributed by atoms with Crippen LogP contribution in [0.15, 0.2) is 18.2 Å². The van der Waals surface area contributed by atoms with E-state index in [1.165, 1.54) is 11.1 Å². The topological polar surface area (TPSA) is 38.8 Å². The van der Waals surface area contributed by atoms with Gasteiger partial charge in [-0.25, -0.2) is 0 Å². The van der Waals surface area contributed by atoms with Crippen molar-refractivity contribution in [1.29, 1.82) is 0 Å². The molecule has 1 saturated heterocycles. The Balaban J connectivity index is 1.81. The molecular formula is C17H24BNO3. The lowest BCUT2D eigenvalue weighted by Gasteiger charge is -2.32. The van der Waals surface area contributed by atoms with Gasteiger partial charge in [0, 0.05) is 19.5 Å². The van der Waals surface area contributed by atoms with E-state index in [1.807, 2.05) is 11.8 Å². The van der Waals surface area contributed by atoms with Gasteiger partial charge in [-0.2, -0.15) is 0 Å². The van der Waals surface area contributed by atoms with Crippen molar-refractivity contribution in [3.05, 3.63) is 29.3 Å². The van der Waals surface area contributed by atoms with Crippen LogP contribution < -0.4 is 5.46 Å². The Kier molecular flexibility index (Phi) is 3.61. The van der Waals surface area contributed by atoms with Gasteiger partial charge in [0.2, 0.25) is 5.91 Å². The predicted molar refractivity (Wildman–Crippen MR) is 86.7 cm³/mol. The molecule has 5 heteroatoms. The highest BCUT2D eigenvalue weighted by atomic mass is 16.7. The molecule has 2 heterocycles. The Hall–Kier alpha value is -1.33. The van der Waals surface area contributed by atoms with E-state index in [4.69, 9.17) is 9.31 Å². The van der Waals surface area contributed by atoms with Gasteiger partial charge in [0.15, 0.2) is 0 Å². The summed E-state index contributed by atoms with van der Waals surface area (Å²) in [6, 6.07) is 6.28. The maximum absolute atomic E-state index is 11.9. The maximum Gasteiger partial charge on any atom is 0.494 e. The molecule has 4 nitrogen and oxygen atoms in total. The standard InChI is InChI=1S/C17H24BNO3/c1-6-15(20)19-10-12-7-8-14(9-13(12)11-19)18-21-16(2,3)17(4,5)22-18/h7-9H,6,10-11H2,1-5H3. The van der Waals surface area contributed by atoms with E-state index in [2.05, 4.69) is 45.9 Å². The Bertz CT molecular complexity index is 596. The lowest BCUT2D eigenvalue weighted by atomic mass is 9.78. The van der Waals surface area contributed by atoms with E-state index in [-0.39, 0.29) is 24.2 Å². The molecule has 1 fully saturated rings. The van der Waals surface area contributed by atoms with Crippen molar-refractivity contribution in [2.75, 3.05) is 0 Å². The summed E-state index contributed by atoms with van der Waals surface area (Å²) < 4.78 is 12.2. The summed E-state index contributed by atoms with van der Waals surface area (Å²) in [6.45, 7) is 11.5. The van der Waals surface area contributed by atoms with Crippen LogP contribution in [0.25, 0.3) is 0 Å². The largest absolute Gasteiger partial charge is 0.494 e. The molecule has 3 rings (SSSR count). The van der Waals surface area contributed by atoms with E-state index in [1.54, 1.807) is 0 Å². The molecule has 0 spiro atoms. The fourth-order valence-corrected chi connectivity index (χ4v) is 2.94. The molecule has 0 radical (unpaired) electrons. The molecule has 0 saturated carbocycles. The lowest BCUT2D eigenvalue weighted by molar-refractivity contribution is -0.131. The second-order valence-electron chi connectivity index (χ2n) is 7.22. The van der Waals surface area contributed by atoms with Gasteiger partial charge in [0.25, 0.3) is 0 Å². The zero-order valence-corrected chi connectivity index (χ0v) is 14.1. The van der Waals surface area contributed by atoms with Gasteiger partial charge >= 0.3 is 7.12 Å². The Morgan fingerprint density at radius 3 is 2.32 bits per heavy atom. The quantitative estimate of drug-likeness (QED) is 0.786. The van der Waals surface area contributed by atoms with Crippen LogP contribution in [0.1, 0.15) is 52.2 Å². The first kappa shape index (κ1) is 15.6. The summed E-state index contributed by atoms with van der Waals surface area (Å²) in [5.74, 6) is 0.202. The van der Waals surface area contributed by atoms with E-state index >= 15 is 0 Å². The van der Waals surface area contributed by atoms with Crippen LogP contribution in [0.5, 0.6) is 0 Å². The Morgan fingerprint density at radius 1 is 1.14 bits per heavy atom. The first-order valence-corrected chi connectivity index (χ1v) is 7.98. The lowest BCUT2D eigenvalue weighted by Crippen LogP contribution is -2.41. The zero-order chi connectivity index (χ0) is 16.1. The molecule has 2 aliphatic rings. The smallest absolute Gasteiger partial charge is 0.399 e. The van der Waals surface area contributed by atoms with Crippen LogP contribution in [-0.4, -0.2) is 29.1 Å². The molecule has 1 aromatic carbocycles. The van der Waals surface area contributed by atoms with Gasteiger partial charge in [-0.3, -0.25) is 4.79 Å². The maximum atomic E-state index is 11.9. The second kappa shape index (κ2) is 5.10. The molecule has 2 aliphatic heterocycles. The molecule has 0 N–H and O–H groups in total. The molecule has 22 heavy (non-hydrogen) atoms. The summed E-state index contributed by atoms with van der Waals surface area (Å²) in [5.41, 5.74) is 2.79. The number of benzene rings is 1. The number of rotatable bonds is 2. The van der Waals surface area contributed by atoms with Crippen LogP contribution in [0, 0.1) is 0 Å². The number of carbonyl (C=O) groups is 1. The summed E-state index contributed by atoms with van der Waals surface area (Å²) in [7, 11) is -0.341. The fourth-order valence-electron chi connectivity index (χ4n) is 2.94. The molecule has 118 valence electrons. The average molecular weight is 301 g/mol. The second-order valence-corrected chi connectivity index (χ2v) is 7.22. The monoisotopic (exact) mass is 301 g/mol. The van der Waals surface area contributed by atoms with E-state index in [0.717, 1.165) is 5.46 Å². The molecule has 0 aliphatic carbocycles. The molecule has 0 unspecified atom stereocenters. The van der Waals surface area contributed by atoms with Gasteiger partial charge in [0.1, 0.15) is 0 Å². The van der Waals surface area contributed by atoms with E-state index in [0.29, 0.717) is 19.5 Å². The third-order valence-electron chi connectivity index (χ3n) is 5.13. The average Bonchev–Trinajstić information content (AvgIpc) is 2.96. The van der Waals surface area contributed by atoms with Crippen molar-refractivity contribution < 1.29 is 14.1 Å². The summed E-state index contributed by atoms with van der Waals surface area (Å²) in [5, 5.41) is 0. The third kappa shape index (κ3) is 2.46. The highest BCUT2D eigenvalue weighted by Gasteiger charge is 2.51. The summed E-state index contributed by atoms with van der Waals surface area (Å²) >= 11 is 0. The highest BCUT2D eigenvalue weighted by molar-refractivity contribution is 6.62. The molecule has 0 aromatic heterocycles. The fraction of sp³-hybridized carbons (Fsp3) is 0.588. The van der Waals surface area contributed by atoms with Crippen LogP contribution >= 0.6 is 0 Å². The predicted octanol–water partition coefficient (Wildman–Crippen LogP) is 2.24. The summed E-state index contributed by atoms with van der Waals surface area (Å²) in [6.07, 6.45) is 0.554. The van der Waals surface area contributed by atoms with Gasteiger partial charge in [-0.1, -0.05) is 25.1 Å². The minimum absolute atomic E-state index is 0.202. The van der Waals surface area contributed by atoms with Crippen molar-refractivity contribution in [2.24, 2.45) is 0 Å². The molecule has 0 atom stereocenters. The van der Waals surface area contributed by atoms with Crippen LogP contribution in [0.2, 0.25) is 0 Å². The van der Waals surface area contributed by atoms with Crippen molar-refractivity contribution >= 4 is 18.5 Å². The zero-order valence-electron chi connectivity index (χ0n) is 14.1. The SMILES string of the molecule is CCC(=O)N1Cc2ccc(B3OC(C)(C)C(C)(C)O3)cc2C1. The van der Waals surface area contributed by atoms with Crippen molar-refractivity contribution in [3.8, 4) is 0 Å². The van der Waals surface area contributed by atoms with Gasteiger partial charge in [-0.05, 0) is 44.3 Å². The van der Waals surface area contributed by atoms with Gasteiger partial charge in [-0.15, -0.1) is 0 Å². The van der Waals surface area contributed by atoms with Gasteiger partial charge < -0.3 is 14.2 Å². The number of amides is 1. The number of fused-ring (bicyclic) bond motifs is 1. The summed E-state index contributed by atoms with van der Waals surface area (Å²) in [4.78, 5) is 13.8.